The molecule has 4 nitrogen and oxygen atoms in total. The number of nitrogens with one attached hydrogen (secondary N) is 1. The summed E-state index contributed by atoms with van der Waals surface area (Å²) in [6, 6.07) is 6.07. The summed E-state index contributed by atoms with van der Waals surface area (Å²) in [4.78, 5) is 0. The van der Waals surface area contributed by atoms with Crippen molar-refractivity contribution < 1.29 is 14.6 Å². The van der Waals surface area contributed by atoms with Crippen molar-refractivity contribution in [2.24, 2.45) is 5.92 Å². The zero-order valence-electron chi connectivity index (χ0n) is 13.1. The average molecular weight is 293 g/mol. The Bertz CT molecular complexity index is 428. The van der Waals surface area contributed by atoms with Crippen molar-refractivity contribution >= 4 is 0 Å². The number of methoxy groups -OCH3 is 1. The maximum Gasteiger partial charge on any atom is 0.161 e. The van der Waals surface area contributed by atoms with E-state index in [0.717, 1.165) is 50.3 Å². The molecule has 0 saturated heterocycles. The number of hydrogen-bond donors (Lipinski definition) is 2. The Kier molecular flexibility index (Phi) is 6.33. The van der Waals surface area contributed by atoms with Gasteiger partial charge in [0.15, 0.2) is 11.5 Å². The zero-order chi connectivity index (χ0) is 15.1. The molecule has 0 amide bonds. The Hall–Kier alpha value is -1.26. The third-order valence-electron chi connectivity index (χ3n) is 4.11. The van der Waals surface area contributed by atoms with Gasteiger partial charge in [-0.05, 0) is 62.8 Å². The molecule has 0 heterocycles. The van der Waals surface area contributed by atoms with Crippen molar-refractivity contribution in [3.63, 3.8) is 0 Å². The number of rotatable bonds is 7. The summed E-state index contributed by atoms with van der Waals surface area (Å²) in [5.74, 6) is 2.28. The predicted octanol–water partition coefficient (Wildman–Crippen LogP) is 2.73. The van der Waals surface area contributed by atoms with E-state index in [-0.39, 0.29) is 6.10 Å². The molecule has 0 spiro atoms. The molecule has 1 aromatic carbocycles. The van der Waals surface area contributed by atoms with Crippen LogP contribution in [0.25, 0.3) is 0 Å². The molecule has 0 aliphatic heterocycles. The minimum absolute atomic E-state index is 0.0726. The van der Waals surface area contributed by atoms with Gasteiger partial charge in [-0.3, -0.25) is 0 Å². The predicted molar refractivity (Wildman–Crippen MR) is 83.8 cm³/mol. The third kappa shape index (κ3) is 4.90. The molecule has 1 fully saturated rings. The average Bonchev–Trinajstić information content (AvgIpc) is 2.50. The molecule has 0 aromatic heterocycles. The topological polar surface area (TPSA) is 50.7 Å². The molecule has 0 atom stereocenters. The first-order valence-corrected chi connectivity index (χ1v) is 7.91. The maximum atomic E-state index is 9.51. The van der Waals surface area contributed by atoms with Crippen molar-refractivity contribution in [2.45, 2.75) is 45.3 Å². The van der Waals surface area contributed by atoms with E-state index in [1.807, 2.05) is 19.1 Å². The van der Waals surface area contributed by atoms with E-state index >= 15 is 0 Å². The summed E-state index contributed by atoms with van der Waals surface area (Å²) >= 11 is 0. The van der Waals surface area contributed by atoms with Gasteiger partial charge in [-0.1, -0.05) is 6.07 Å². The van der Waals surface area contributed by atoms with Gasteiger partial charge in [0.2, 0.25) is 0 Å². The first kappa shape index (κ1) is 16.1. The number of aliphatic hydroxyl groups excluding tert-OH is 1. The van der Waals surface area contributed by atoms with Crippen LogP contribution in [0.4, 0.5) is 0 Å². The van der Waals surface area contributed by atoms with Crippen LogP contribution >= 0.6 is 0 Å². The van der Waals surface area contributed by atoms with Crippen LogP contribution in [0.15, 0.2) is 18.2 Å². The van der Waals surface area contributed by atoms with Crippen molar-refractivity contribution in [1.82, 2.24) is 5.32 Å². The molecule has 1 aliphatic rings. The number of aliphatic hydroxyl groups is 1. The molecule has 1 aromatic rings. The van der Waals surface area contributed by atoms with E-state index in [4.69, 9.17) is 9.47 Å². The lowest BCUT2D eigenvalue weighted by Crippen LogP contribution is -2.27. The van der Waals surface area contributed by atoms with Crippen LogP contribution < -0.4 is 14.8 Å². The Morgan fingerprint density at radius 3 is 2.62 bits per heavy atom. The highest BCUT2D eigenvalue weighted by Gasteiger charge is 2.18. The molecule has 21 heavy (non-hydrogen) atoms. The second-order valence-corrected chi connectivity index (χ2v) is 5.72. The lowest BCUT2D eigenvalue weighted by Gasteiger charge is -2.25. The molecule has 2 N–H and O–H groups in total. The van der Waals surface area contributed by atoms with Crippen LogP contribution in [-0.2, 0) is 6.54 Å². The fraction of sp³-hybridized carbons (Fsp3) is 0.647. The van der Waals surface area contributed by atoms with Crippen LogP contribution in [0.5, 0.6) is 11.5 Å². The molecular formula is C17H27NO3. The lowest BCUT2D eigenvalue weighted by atomic mass is 9.87. The van der Waals surface area contributed by atoms with Crippen LogP contribution in [0, 0.1) is 5.92 Å². The van der Waals surface area contributed by atoms with Crippen molar-refractivity contribution in [2.75, 3.05) is 20.3 Å². The number of hydrogen-bond acceptors (Lipinski definition) is 4. The summed E-state index contributed by atoms with van der Waals surface area (Å²) in [7, 11) is 1.66. The summed E-state index contributed by atoms with van der Waals surface area (Å²) in [5, 5.41) is 13.0. The molecule has 1 aliphatic carbocycles. The van der Waals surface area contributed by atoms with E-state index in [9.17, 15) is 5.11 Å². The minimum Gasteiger partial charge on any atom is -0.493 e. The van der Waals surface area contributed by atoms with Crippen molar-refractivity contribution in [3.8, 4) is 11.5 Å². The van der Waals surface area contributed by atoms with Crippen LogP contribution in [-0.4, -0.2) is 31.5 Å². The summed E-state index contributed by atoms with van der Waals surface area (Å²) in [6.45, 7) is 4.46. The molecule has 118 valence electrons. The Morgan fingerprint density at radius 2 is 1.95 bits per heavy atom. The standard InChI is InChI=1S/C17H27NO3/c1-3-21-17-10-14(6-9-16(17)20-2)12-18-11-13-4-7-15(19)8-5-13/h6,9-10,13,15,18-19H,3-5,7-8,11-12H2,1-2H3. The van der Waals surface area contributed by atoms with E-state index in [1.54, 1.807) is 7.11 Å². The fourth-order valence-electron chi connectivity index (χ4n) is 2.87. The zero-order valence-corrected chi connectivity index (χ0v) is 13.1. The summed E-state index contributed by atoms with van der Waals surface area (Å²) < 4.78 is 10.9. The molecule has 2 rings (SSSR count). The van der Waals surface area contributed by atoms with Gasteiger partial charge in [-0.15, -0.1) is 0 Å². The molecule has 0 unspecified atom stereocenters. The second-order valence-electron chi connectivity index (χ2n) is 5.72. The highest BCUT2D eigenvalue weighted by Crippen LogP contribution is 2.28. The van der Waals surface area contributed by atoms with Crippen molar-refractivity contribution in [3.05, 3.63) is 23.8 Å². The Morgan fingerprint density at radius 1 is 1.19 bits per heavy atom. The highest BCUT2D eigenvalue weighted by molar-refractivity contribution is 5.42. The van der Waals surface area contributed by atoms with Gasteiger partial charge in [0, 0.05) is 6.54 Å². The van der Waals surface area contributed by atoms with Gasteiger partial charge in [-0.25, -0.2) is 0 Å². The van der Waals surface area contributed by atoms with Crippen LogP contribution in [0.2, 0.25) is 0 Å². The summed E-state index contributed by atoms with van der Waals surface area (Å²) in [6.07, 6.45) is 4.07. The smallest absolute Gasteiger partial charge is 0.161 e. The van der Waals surface area contributed by atoms with E-state index < -0.39 is 0 Å². The fourth-order valence-corrected chi connectivity index (χ4v) is 2.87. The second kappa shape index (κ2) is 8.25. The Labute approximate surface area is 127 Å². The van der Waals surface area contributed by atoms with Gasteiger partial charge in [0.05, 0.1) is 19.8 Å². The normalized spacial score (nSPS) is 22.0. The molecule has 1 saturated carbocycles. The number of benzene rings is 1. The first-order chi connectivity index (χ1) is 10.2. The molecule has 4 heteroatoms. The summed E-state index contributed by atoms with van der Waals surface area (Å²) in [5.41, 5.74) is 1.20. The Balaban J connectivity index is 1.81. The minimum atomic E-state index is -0.0726. The van der Waals surface area contributed by atoms with Gasteiger partial charge >= 0.3 is 0 Å². The van der Waals surface area contributed by atoms with Gasteiger partial charge in [-0.2, -0.15) is 0 Å². The third-order valence-corrected chi connectivity index (χ3v) is 4.11. The van der Waals surface area contributed by atoms with Crippen molar-refractivity contribution in [1.29, 1.82) is 0 Å². The van der Waals surface area contributed by atoms with E-state index in [0.29, 0.717) is 12.5 Å². The van der Waals surface area contributed by atoms with E-state index in [2.05, 4.69) is 11.4 Å². The first-order valence-electron chi connectivity index (χ1n) is 7.91. The van der Waals surface area contributed by atoms with Crippen LogP contribution in [0.3, 0.4) is 0 Å². The largest absolute Gasteiger partial charge is 0.493 e. The van der Waals surface area contributed by atoms with E-state index in [1.165, 1.54) is 5.56 Å². The van der Waals surface area contributed by atoms with Gasteiger partial charge < -0.3 is 19.9 Å². The quantitative estimate of drug-likeness (QED) is 0.811. The monoisotopic (exact) mass is 293 g/mol. The maximum absolute atomic E-state index is 9.51. The van der Waals surface area contributed by atoms with Crippen LogP contribution in [0.1, 0.15) is 38.2 Å². The molecular weight excluding hydrogens is 266 g/mol. The molecule has 0 bridgehead atoms. The van der Waals surface area contributed by atoms with Gasteiger partial charge in [0.25, 0.3) is 0 Å². The molecule has 0 radical (unpaired) electrons. The van der Waals surface area contributed by atoms with Gasteiger partial charge in [0.1, 0.15) is 0 Å². The highest BCUT2D eigenvalue weighted by atomic mass is 16.5. The lowest BCUT2D eigenvalue weighted by molar-refractivity contribution is 0.108. The SMILES string of the molecule is CCOc1cc(CNCC2CCC(O)CC2)ccc1OC. The number of ether oxygens (including phenoxy) is 2.